The van der Waals surface area contributed by atoms with Gasteiger partial charge in [0.2, 0.25) is 5.91 Å². The first-order valence-corrected chi connectivity index (χ1v) is 7.31. The van der Waals surface area contributed by atoms with E-state index in [1.807, 2.05) is 25.1 Å². The van der Waals surface area contributed by atoms with Crippen LogP contribution in [0.4, 0.5) is 0 Å². The molecule has 0 aromatic heterocycles. The number of benzene rings is 1. The Labute approximate surface area is 132 Å². The number of halogens is 1. The maximum absolute atomic E-state index is 11.7. The van der Waals surface area contributed by atoms with Gasteiger partial charge in [0.05, 0.1) is 13.2 Å². The number of aryl methyl sites for hydroxylation is 1. The zero-order chi connectivity index (χ0) is 15.3. The molecule has 0 aliphatic rings. The van der Waals surface area contributed by atoms with Gasteiger partial charge in [0.15, 0.2) is 0 Å². The fourth-order valence-corrected chi connectivity index (χ4v) is 2.22. The molecule has 0 radical (unpaired) electrons. The van der Waals surface area contributed by atoms with Crippen LogP contribution >= 0.6 is 22.6 Å². The Morgan fingerprint density at radius 3 is 2.60 bits per heavy atom. The van der Waals surface area contributed by atoms with Crippen LogP contribution in [0.25, 0.3) is 0 Å². The number of esters is 1. The van der Waals surface area contributed by atoms with Crippen LogP contribution in [0.2, 0.25) is 0 Å². The van der Waals surface area contributed by atoms with Crippen molar-refractivity contribution in [3.05, 3.63) is 32.9 Å². The Morgan fingerprint density at radius 2 is 2.10 bits per heavy atom. The molecule has 3 N–H and O–H groups in total. The molecule has 0 saturated carbocycles. The van der Waals surface area contributed by atoms with E-state index in [1.165, 1.54) is 12.7 Å². The van der Waals surface area contributed by atoms with Crippen LogP contribution in [-0.2, 0) is 20.7 Å². The van der Waals surface area contributed by atoms with Gasteiger partial charge in [0.25, 0.3) is 0 Å². The number of amides is 1. The predicted molar refractivity (Wildman–Crippen MR) is 85.2 cm³/mol. The SMILES string of the molecule is COC(=O)[C@H](Cc1ccc(C)c(I)c1)NC(=O)[C@H](C)N. The second kappa shape index (κ2) is 7.58. The second-order valence-electron chi connectivity index (χ2n) is 4.66. The Bertz CT molecular complexity index is 503. The van der Waals surface area contributed by atoms with E-state index in [9.17, 15) is 9.59 Å². The molecule has 1 rings (SSSR count). The summed E-state index contributed by atoms with van der Waals surface area (Å²) in [5.41, 5.74) is 7.63. The number of carbonyl (C=O) groups excluding carboxylic acids is 2. The lowest BCUT2D eigenvalue weighted by Gasteiger charge is -2.18. The topological polar surface area (TPSA) is 81.4 Å². The maximum atomic E-state index is 11.7. The summed E-state index contributed by atoms with van der Waals surface area (Å²) < 4.78 is 5.84. The molecule has 0 aliphatic heterocycles. The Kier molecular flexibility index (Phi) is 6.41. The summed E-state index contributed by atoms with van der Waals surface area (Å²) in [4.78, 5) is 23.4. The average Bonchev–Trinajstić information content (AvgIpc) is 2.40. The number of hydrogen-bond acceptors (Lipinski definition) is 4. The zero-order valence-electron chi connectivity index (χ0n) is 11.8. The van der Waals surface area contributed by atoms with Gasteiger partial charge in [-0.25, -0.2) is 4.79 Å². The quantitative estimate of drug-likeness (QED) is 0.584. The fraction of sp³-hybridized carbons (Fsp3) is 0.429. The highest BCUT2D eigenvalue weighted by atomic mass is 127. The van der Waals surface area contributed by atoms with Crippen LogP contribution < -0.4 is 11.1 Å². The van der Waals surface area contributed by atoms with Gasteiger partial charge < -0.3 is 15.8 Å². The second-order valence-corrected chi connectivity index (χ2v) is 5.82. The lowest BCUT2D eigenvalue weighted by molar-refractivity contribution is -0.145. The third-order valence-corrected chi connectivity index (χ3v) is 4.05. The van der Waals surface area contributed by atoms with E-state index in [4.69, 9.17) is 10.5 Å². The third-order valence-electron chi connectivity index (χ3n) is 2.89. The van der Waals surface area contributed by atoms with Crippen molar-refractivity contribution in [1.29, 1.82) is 0 Å². The summed E-state index contributed by atoms with van der Waals surface area (Å²) in [6, 6.07) is 4.52. The number of ether oxygens (including phenoxy) is 1. The standard InChI is InChI=1S/C14H19IN2O3/c1-8-4-5-10(6-11(8)15)7-12(14(19)20-3)17-13(18)9(2)16/h4-6,9,12H,7,16H2,1-3H3,(H,17,18)/t9-,12-/m0/s1. The van der Waals surface area contributed by atoms with Crippen molar-refractivity contribution >= 4 is 34.5 Å². The summed E-state index contributed by atoms with van der Waals surface area (Å²) in [6.07, 6.45) is 0.376. The highest BCUT2D eigenvalue weighted by Gasteiger charge is 2.23. The van der Waals surface area contributed by atoms with Crippen molar-refractivity contribution in [2.45, 2.75) is 32.4 Å². The number of nitrogens with one attached hydrogen (secondary N) is 1. The Morgan fingerprint density at radius 1 is 1.45 bits per heavy atom. The van der Waals surface area contributed by atoms with Crippen LogP contribution in [-0.4, -0.2) is 31.1 Å². The van der Waals surface area contributed by atoms with Gasteiger partial charge in [-0.1, -0.05) is 12.1 Å². The summed E-state index contributed by atoms with van der Waals surface area (Å²) in [5.74, 6) is -0.850. The molecule has 110 valence electrons. The molecule has 6 heteroatoms. The van der Waals surface area contributed by atoms with E-state index in [1.54, 1.807) is 6.92 Å². The van der Waals surface area contributed by atoms with Crippen LogP contribution in [0, 0.1) is 10.5 Å². The first-order chi connectivity index (χ1) is 9.35. The molecule has 1 aromatic carbocycles. The van der Waals surface area contributed by atoms with Crippen molar-refractivity contribution in [1.82, 2.24) is 5.32 Å². The van der Waals surface area contributed by atoms with Crippen molar-refractivity contribution in [2.75, 3.05) is 7.11 Å². The van der Waals surface area contributed by atoms with E-state index in [-0.39, 0.29) is 5.91 Å². The van der Waals surface area contributed by atoms with Gasteiger partial charge in [0.1, 0.15) is 6.04 Å². The monoisotopic (exact) mass is 390 g/mol. The summed E-state index contributed by atoms with van der Waals surface area (Å²) in [6.45, 7) is 3.58. The Hall–Kier alpha value is -1.15. The lowest BCUT2D eigenvalue weighted by Crippen LogP contribution is -2.48. The van der Waals surface area contributed by atoms with Crippen molar-refractivity contribution in [3.8, 4) is 0 Å². The molecule has 0 fully saturated rings. The number of rotatable bonds is 5. The molecule has 0 aliphatic carbocycles. The van der Waals surface area contributed by atoms with Gasteiger partial charge in [0, 0.05) is 9.99 Å². The summed E-state index contributed by atoms with van der Waals surface area (Å²) in [5, 5.41) is 2.61. The molecular weight excluding hydrogens is 371 g/mol. The molecule has 1 amide bonds. The molecule has 2 atom stereocenters. The minimum absolute atomic E-state index is 0.373. The van der Waals surface area contributed by atoms with Gasteiger partial charge in [-0.3, -0.25) is 4.79 Å². The smallest absolute Gasteiger partial charge is 0.328 e. The van der Waals surface area contributed by atoms with Gasteiger partial charge in [-0.15, -0.1) is 0 Å². The zero-order valence-corrected chi connectivity index (χ0v) is 13.9. The molecular formula is C14H19IN2O3. The molecule has 0 heterocycles. The van der Waals surface area contributed by atoms with Crippen LogP contribution in [0.15, 0.2) is 18.2 Å². The lowest BCUT2D eigenvalue weighted by atomic mass is 10.0. The van der Waals surface area contributed by atoms with E-state index < -0.39 is 18.1 Å². The summed E-state index contributed by atoms with van der Waals surface area (Å²) >= 11 is 2.24. The number of methoxy groups -OCH3 is 1. The first kappa shape index (κ1) is 16.9. The number of carbonyl (C=O) groups is 2. The first-order valence-electron chi connectivity index (χ1n) is 6.24. The molecule has 0 spiro atoms. The number of hydrogen-bond donors (Lipinski definition) is 2. The molecule has 20 heavy (non-hydrogen) atoms. The van der Waals surface area contributed by atoms with Gasteiger partial charge in [-0.2, -0.15) is 0 Å². The molecule has 0 bridgehead atoms. The van der Waals surface area contributed by atoms with Crippen molar-refractivity contribution in [3.63, 3.8) is 0 Å². The van der Waals surface area contributed by atoms with Crippen LogP contribution in [0.3, 0.4) is 0 Å². The van der Waals surface area contributed by atoms with E-state index in [0.29, 0.717) is 6.42 Å². The largest absolute Gasteiger partial charge is 0.467 e. The third kappa shape index (κ3) is 4.75. The van der Waals surface area contributed by atoms with E-state index >= 15 is 0 Å². The summed E-state index contributed by atoms with van der Waals surface area (Å²) in [7, 11) is 1.30. The Balaban J connectivity index is 2.86. The van der Waals surface area contributed by atoms with Gasteiger partial charge in [-0.05, 0) is 53.6 Å². The molecule has 0 saturated heterocycles. The van der Waals surface area contributed by atoms with Crippen LogP contribution in [0.1, 0.15) is 18.1 Å². The highest BCUT2D eigenvalue weighted by molar-refractivity contribution is 14.1. The normalized spacial score (nSPS) is 13.4. The fourth-order valence-electron chi connectivity index (χ4n) is 1.64. The predicted octanol–water partition coefficient (Wildman–Crippen LogP) is 1.15. The minimum atomic E-state index is -0.725. The van der Waals surface area contributed by atoms with Gasteiger partial charge >= 0.3 is 5.97 Å². The van der Waals surface area contributed by atoms with Crippen molar-refractivity contribution < 1.29 is 14.3 Å². The highest BCUT2D eigenvalue weighted by Crippen LogP contribution is 2.15. The average molecular weight is 390 g/mol. The van der Waals surface area contributed by atoms with E-state index in [0.717, 1.165) is 9.13 Å². The molecule has 1 aromatic rings. The molecule has 5 nitrogen and oxygen atoms in total. The van der Waals surface area contributed by atoms with Crippen molar-refractivity contribution in [2.24, 2.45) is 5.73 Å². The van der Waals surface area contributed by atoms with E-state index in [2.05, 4.69) is 27.9 Å². The number of nitrogens with two attached hydrogens (primary N) is 1. The van der Waals surface area contributed by atoms with Crippen LogP contribution in [0.5, 0.6) is 0 Å². The molecule has 0 unspecified atom stereocenters. The maximum Gasteiger partial charge on any atom is 0.328 e. The minimum Gasteiger partial charge on any atom is -0.467 e.